The van der Waals surface area contributed by atoms with Gasteiger partial charge in [0.2, 0.25) is 5.91 Å². The fourth-order valence-corrected chi connectivity index (χ4v) is 5.07. The van der Waals surface area contributed by atoms with Crippen LogP contribution in [0.3, 0.4) is 0 Å². The molecule has 0 saturated carbocycles. The number of thiophene rings is 1. The predicted octanol–water partition coefficient (Wildman–Crippen LogP) is 6.48. The van der Waals surface area contributed by atoms with Crippen LogP contribution in [-0.4, -0.2) is 30.5 Å². The number of benzene rings is 2. The van der Waals surface area contributed by atoms with Gasteiger partial charge >= 0.3 is 5.97 Å². The molecule has 0 unspecified atom stereocenters. The van der Waals surface area contributed by atoms with E-state index in [1.165, 1.54) is 43.2 Å². The molecule has 1 aromatic heterocycles. The second-order valence-corrected chi connectivity index (χ2v) is 10.1. The third-order valence-electron chi connectivity index (χ3n) is 5.65. The molecule has 0 radical (unpaired) electrons. The number of hydrazone groups is 1. The first-order chi connectivity index (χ1) is 18.0. The van der Waals surface area contributed by atoms with Crippen LogP contribution in [0.4, 0.5) is 0 Å². The van der Waals surface area contributed by atoms with Crippen molar-refractivity contribution in [2.45, 2.75) is 58.3 Å². The number of carbonyl (C=O) groups excluding carboxylic acids is 3. The Balaban J connectivity index is 1.40. The molecule has 0 aliphatic carbocycles. The van der Waals surface area contributed by atoms with Crippen LogP contribution in [0, 0.1) is 0 Å². The summed E-state index contributed by atoms with van der Waals surface area (Å²) < 4.78 is 6.41. The first-order valence-corrected chi connectivity index (χ1v) is 13.7. The maximum Gasteiger partial charge on any atom is 0.355 e. The van der Waals surface area contributed by atoms with Crippen molar-refractivity contribution in [3.63, 3.8) is 0 Å². The summed E-state index contributed by atoms with van der Waals surface area (Å²) in [6, 6.07) is 14.2. The van der Waals surface area contributed by atoms with Crippen molar-refractivity contribution in [2.24, 2.45) is 5.10 Å². The number of amides is 2. The second kappa shape index (κ2) is 15.1. The van der Waals surface area contributed by atoms with Gasteiger partial charge < -0.3 is 10.1 Å². The van der Waals surface area contributed by atoms with Gasteiger partial charge in [-0.05, 0) is 30.2 Å². The van der Waals surface area contributed by atoms with E-state index in [1.807, 2.05) is 24.3 Å². The van der Waals surface area contributed by atoms with Crippen molar-refractivity contribution in [2.75, 3.05) is 6.54 Å². The molecule has 0 aliphatic rings. The minimum atomic E-state index is -0.541. The molecule has 2 aromatic carbocycles. The topological polar surface area (TPSA) is 96.9 Å². The van der Waals surface area contributed by atoms with Gasteiger partial charge in [0, 0.05) is 16.5 Å². The van der Waals surface area contributed by atoms with E-state index in [2.05, 4.69) is 22.8 Å². The number of halogens is 1. The zero-order chi connectivity index (χ0) is 26.5. The van der Waals surface area contributed by atoms with Crippen LogP contribution in [-0.2, 0) is 9.59 Å². The molecule has 0 spiro atoms. The number of nitrogens with one attached hydrogen (secondary N) is 2. The van der Waals surface area contributed by atoms with Gasteiger partial charge in [0.05, 0.1) is 17.8 Å². The van der Waals surface area contributed by atoms with Gasteiger partial charge in [-0.1, -0.05) is 87.4 Å². The Kier molecular flexibility index (Phi) is 11.6. The van der Waals surface area contributed by atoms with Crippen LogP contribution < -0.4 is 15.5 Å². The molecular weight excluding hydrogens is 510 g/mol. The zero-order valence-electron chi connectivity index (χ0n) is 20.9. The quantitative estimate of drug-likeness (QED) is 0.0802. The second-order valence-electron chi connectivity index (χ2n) is 8.64. The summed E-state index contributed by atoms with van der Waals surface area (Å²) in [5.74, 6) is -0.778. The van der Waals surface area contributed by atoms with Gasteiger partial charge in [-0.25, -0.2) is 10.2 Å². The van der Waals surface area contributed by atoms with Crippen molar-refractivity contribution in [1.82, 2.24) is 10.7 Å². The number of hydrogen-bond donors (Lipinski definition) is 2. The van der Waals surface area contributed by atoms with Crippen molar-refractivity contribution in [3.8, 4) is 5.75 Å². The Bertz CT molecular complexity index is 1240. The lowest BCUT2D eigenvalue weighted by molar-refractivity contribution is -0.126. The fraction of sp³-hybridized carbons (Fsp3) is 0.357. The van der Waals surface area contributed by atoms with E-state index < -0.39 is 11.9 Å². The molecule has 3 rings (SSSR count). The van der Waals surface area contributed by atoms with E-state index in [-0.39, 0.29) is 12.5 Å². The van der Waals surface area contributed by atoms with Crippen LogP contribution in [0.1, 0.15) is 73.5 Å². The summed E-state index contributed by atoms with van der Waals surface area (Å²) in [6.45, 7) is 2.05. The van der Waals surface area contributed by atoms with Crippen LogP contribution >= 0.6 is 22.9 Å². The maximum atomic E-state index is 12.7. The molecule has 2 N–H and O–H groups in total. The molecule has 7 nitrogen and oxygen atoms in total. The van der Waals surface area contributed by atoms with E-state index in [0.717, 1.165) is 29.3 Å². The van der Waals surface area contributed by atoms with Gasteiger partial charge in [0.1, 0.15) is 10.6 Å². The highest BCUT2D eigenvalue weighted by atomic mass is 35.5. The molecule has 0 bridgehead atoms. The van der Waals surface area contributed by atoms with Gasteiger partial charge in [0.15, 0.2) is 0 Å². The molecule has 37 heavy (non-hydrogen) atoms. The number of hydrogen-bond acceptors (Lipinski definition) is 6. The highest BCUT2D eigenvalue weighted by Crippen LogP contribution is 2.35. The Morgan fingerprint density at radius 2 is 1.73 bits per heavy atom. The third kappa shape index (κ3) is 9.30. The number of fused-ring (bicyclic) bond motifs is 1. The lowest BCUT2D eigenvalue weighted by Gasteiger charge is -2.05. The van der Waals surface area contributed by atoms with Crippen molar-refractivity contribution in [1.29, 1.82) is 0 Å². The SMILES string of the molecule is CCCCCCCCCC(=O)NCC(=O)NN=Cc1cccc(OC(=O)c2sc3ccccc3c2Cl)c1. The molecule has 2 amide bonds. The van der Waals surface area contributed by atoms with Gasteiger partial charge in [-0.3, -0.25) is 9.59 Å². The molecule has 9 heteroatoms. The molecule has 3 aromatic rings. The molecule has 0 atom stereocenters. The largest absolute Gasteiger partial charge is 0.422 e. The summed E-state index contributed by atoms with van der Waals surface area (Å²) in [5, 5.41) is 7.71. The monoisotopic (exact) mass is 541 g/mol. The average molecular weight is 542 g/mol. The number of nitrogens with zero attached hydrogens (tertiary/aromatic N) is 1. The van der Waals surface area contributed by atoms with Crippen molar-refractivity contribution in [3.05, 3.63) is 64.0 Å². The van der Waals surface area contributed by atoms with Crippen molar-refractivity contribution >= 4 is 57.0 Å². The Morgan fingerprint density at radius 3 is 2.51 bits per heavy atom. The molecule has 0 saturated heterocycles. The summed E-state index contributed by atoms with van der Waals surface area (Å²) in [5.41, 5.74) is 3.00. The predicted molar refractivity (Wildman–Crippen MR) is 150 cm³/mol. The molecule has 1 heterocycles. The average Bonchev–Trinajstić information content (AvgIpc) is 3.24. The number of unbranched alkanes of at least 4 members (excludes halogenated alkanes) is 6. The maximum absolute atomic E-state index is 12.7. The zero-order valence-corrected chi connectivity index (χ0v) is 22.5. The first kappa shape index (κ1) is 28.3. The van der Waals surface area contributed by atoms with Crippen LogP contribution in [0.25, 0.3) is 10.1 Å². The molecular formula is C28H32ClN3O4S. The van der Waals surface area contributed by atoms with E-state index >= 15 is 0 Å². The summed E-state index contributed by atoms with van der Waals surface area (Å²) in [7, 11) is 0. The smallest absolute Gasteiger partial charge is 0.355 e. The number of ether oxygens (including phenoxy) is 1. The van der Waals surface area contributed by atoms with Crippen LogP contribution in [0.2, 0.25) is 5.02 Å². The van der Waals surface area contributed by atoms with Crippen LogP contribution in [0.15, 0.2) is 53.6 Å². The summed E-state index contributed by atoms with van der Waals surface area (Å²) in [6.07, 6.45) is 9.79. The Hall–Kier alpha value is -3.23. The standard InChI is InChI=1S/C28H32ClN3O4S/c1-2-3-4-5-6-7-8-16-24(33)30-19-25(34)32-31-18-20-12-11-13-21(17-20)36-28(35)27-26(29)22-14-9-10-15-23(22)37-27/h9-15,17-18H,2-8,16,19H2,1H3,(H,30,33)(H,32,34). The highest BCUT2D eigenvalue weighted by molar-refractivity contribution is 7.21. The van der Waals surface area contributed by atoms with Crippen molar-refractivity contribution < 1.29 is 19.1 Å². The minimum Gasteiger partial charge on any atom is -0.422 e. The third-order valence-corrected chi connectivity index (χ3v) is 7.30. The molecule has 0 aliphatic heterocycles. The number of rotatable bonds is 14. The van der Waals surface area contributed by atoms with E-state index in [1.54, 1.807) is 24.3 Å². The lowest BCUT2D eigenvalue weighted by atomic mass is 10.1. The molecule has 196 valence electrons. The number of carbonyl (C=O) groups is 3. The Labute approximate surface area is 226 Å². The minimum absolute atomic E-state index is 0.138. The van der Waals surface area contributed by atoms with E-state index in [0.29, 0.717) is 27.6 Å². The number of esters is 1. The van der Waals surface area contributed by atoms with Crippen LogP contribution in [0.5, 0.6) is 5.75 Å². The summed E-state index contributed by atoms with van der Waals surface area (Å²) in [4.78, 5) is 36.9. The highest BCUT2D eigenvalue weighted by Gasteiger charge is 2.19. The van der Waals surface area contributed by atoms with E-state index in [4.69, 9.17) is 16.3 Å². The molecule has 0 fully saturated rings. The van der Waals surface area contributed by atoms with Gasteiger partial charge in [-0.15, -0.1) is 11.3 Å². The fourth-order valence-electron chi connectivity index (χ4n) is 3.69. The Morgan fingerprint density at radius 1 is 0.973 bits per heavy atom. The summed E-state index contributed by atoms with van der Waals surface area (Å²) >= 11 is 7.65. The lowest BCUT2D eigenvalue weighted by Crippen LogP contribution is -2.34. The van der Waals surface area contributed by atoms with E-state index in [9.17, 15) is 14.4 Å². The van der Waals surface area contributed by atoms with Gasteiger partial charge in [-0.2, -0.15) is 5.10 Å². The van der Waals surface area contributed by atoms with Gasteiger partial charge in [0.25, 0.3) is 5.91 Å². The normalized spacial score (nSPS) is 11.1. The first-order valence-electron chi connectivity index (χ1n) is 12.6.